The van der Waals surface area contributed by atoms with Crippen molar-refractivity contribution in [1.82, 2.24) is 0 Å². The quantitative estimate of drug-likeness (QED) is 0.592. The van der Waals surface area contributed by atoms with Crippen LogP contribution in [-0.4, -0.2) is 17.4 Å². The summed E-state index contributed by atoms with van der Waals surface area (Å²) in [6, 6.07) is 9.30. The Hall–Kier alpha value is -0.730. The third-order valence-electron chi connectivity index (χ3n) is 1.75. The Labute approximate surface area is 92.8 Å². The van der Waals surface area contributed by atoms with Crippen LogP contribution in [0.15, 0.2) is 30.3 Å². The summed E-state index contributed by atoms with van der Waals surface area (Å²) in [6.07, 6.45) is 0.240. The molecule has 0 radical (unpaired) electrons. The third kappa shape index (κ3) is 2.89. The lowest BCUT2D eigenvalue weighted by atomic mass is 10.1. The van der Waals surface area contributed by atoms with E-state index < -0.39 is 10.3 Å². The highest BCUT2D eigenvalue weighted by Crippen LogP contribution is 2.27. The normalized spacial score (nSPS) is 11.1. The highest BCUT2D eigenvalue weighted by atomic mass is 35.5. The molecule has 4 heteroatoms. The predicted octanol–water partition coefficient (Wildman–Crippen LogP) is 2.58. The molecule has 1 aromatic carbocycles. The largest absolute Gasteiger partial charge is 0.467 e. The summed E-state index contributed by atoms with van der Waals surface area (Å²) in [5.74, 6) is -0.635. The van der Waals surface area contributed by atoms with E-state index in [1.165, 1.54) is 7.11 Å². The van der Waals surface area contributed by atoms with Gasteiger partial charge < -0.3 is 4.74 Å². The van der Waals surface area contributed by atoms with Gasteiger partial charge in [0.15, 0.2) is 0 Å². The molecule has 0 spiro atoms. The molecule has 1 aromatic rings. The van der Waals surface area contributed by atoms with Gasteiger partial charge in [-0.1, -0.05) is 53.5 Å². The number of ether oxygens (including phenoxy) is 1. The van der Waals surface area contributed by atoms with Gasteiger partial charge in [0.2, 0.25) is 4.33 Å². The van der Waals surface area contributed by atoms with Crippen molar-refractivity contribution in [3.8, 4) is 0 Å². The average Bonchev–Trinajstić information content (AvgIpc) is 2.17. The zero-order chi connectivity index (χ0) is 10.6. The van der Waals surface area contributed by atoms with Crippen molar-refractivity contribution in [2.75, 3.05) is 7.11 Å². The lowest BCUT2D eigenvalue weighted by Gasteiger charge is -2.16. The molecule has 76 valence electrons. The molecule has 0 heterocycles. The summed E-state index contributed by atoms with van der Waals surface area (Å²) in [5.41, 5.74) is 0.892. The molecular weight excluding hydrogens is 223 g/mol. The second-order valence-electron chi connectivity index (χ2n) is 2.86. The Bertz CT molecular complexity index is 309. The fourth-order valence-corrected chi connectivity index (χ4v) is 1.54. The van der Waals surface area contributed by atoms with Crippen molar-refractivity contribution < 1.29 is 9.53 Å². The van der Waals surface area contributed by atoms with E-state index in [1.807, 2.05) is 30.3 Å². The monoisotopic (exact) mass is 232 g/mol. The van der Waals surface area contributed by atoms with Crippen LogP contribution in [0, 0.1) is 0 Å². The molecule has 0 saturated heterocycles. The highest BCUT2D eigenvalue weighted by Gasteiger charge is 2.34. The number of esters is 1. The van der Waals surface area contributed by atoms with Crippen molar-refractivity contribution in [3.63, 3.8) is 0 Å². The van der Waals surface area contributed by atoms with Gasteiger partial charge in [0, 0.05) is 6.42 Å². The molecule has 0 saturated carbocycles. The Kier molecular flexibility index (Phi) is 3.78. The van der Waals surface area contributed by atoms with Crippen LogP contribution in [-0.2, 0) is 16.0 Å². The summed E-state index contributed by atoms with van der Waals surface area (Å²) < 4.78 is 2.98. The number of carbonyl (C=O) groups is 1. The highest BCUT2D eigenvalue weighted by molar-refractivity contribution is 6.57. The molecule has 0 aliphatic carbocycles. The fraction of sp³-hybridized carbons (Fsp3) is 0.300. The first kappa shape index (κ1) is 11.3. The van der Waals surface area contributed by atoms with Gasteiger partial charge in [0.05, 0.1) is 7.11 Å². The van der Waals surface area contributed by atoms with Crippen LogP contribution >= 0.6 is 23.2 Å². The number of hydrogen-bond donors (Lipinski definition) is 0. The van der Waals surface area contributed by atoms with Gasteiger partial charge in [-0.25, -0.2) is 4.79 Å². The number of halogens is 2. The Morgan fingerprint density at radius 2 is 1.93 bits per heavy atom. The zero-order valence-electron chi connectivity index (χ0n) is 7.67. The van der Waals surface area contributed by atoms with Crippen molar-refractivity contribution in [1.29, 1.82) is 0 Å². The van der Waals surface area contributed by atoms with Crippen LogP contribution in [0.5, 0.6) is 0 Å². The molecule has 0 amide bonds. The smallest absolute Gasteiger partial charge is 0.342 e. The summed E-state index contributed by atoms with van der Waals surface area (Å²) in [4.78, 5) is 11.2. The SMILES string of the molecule is COC(=O)C(Cl)(Cl)Cc1ccccc1. The maximum Gasteiger partial charge on any atom is 0.342 e. The van der Waals surface area contributed by atoms with Crippen LogP contribution in [0.25, 0.3) is 0 Å². The molecule has 0 aliphatic rings. The van der Waals surface area contributed by atoms with E-state index in [2.05, 4.69) is 4.74 Å². The number of rotatable bonds is 3. The summed E-state index contributed by atoms with van der Waals surface area (Å²) >= 11 is 11.6. The number of methoxy groups -OCH3 is 1. The van der Waals surface area contributed by atoms with E-state index in [0.29, 0.717) is 0 Å². The first-order chi connectivity index (χ1) is 6.56. The van der Waals surface area contributed by atoms with E-state index in [-0.39, 0.29) is 6.42 Å². The maximum atomic E-state index is 11.2. The standard InChI is InChI=1S/C10H10Cl2O2/c1-14-9(13)10(11,12)7-8-5-3-2-4-6-8/h2-6H,7H2,1H3. The average molecular weight is 233 g/mol. The maximum absolute atomic E-state index is 11.2. The second-order valence-corrected chi connectivity index (χ2v) is 4.34. The zero-order valence-corrected chi connectivity index (χ0v) is 9.18. The van der Waals surface area contributed by atoms with Gasteiger partial charge in [-0.15, -0.1) is 0 Å². The molecular formula is C10H10Cl2O2. The predicted molar refractivity (Wildman–Crippen MR) is 56.6 cm³/mol. The summed E-state index contributed by atoms with van der Waals surface area (Å²) in [7, 11) is 1.26. The minimum Gasteiger partial charge on any atom is -0.467 e. The number of alkyl halides is 2. The van der Waals surface area contributed by atoms with Crippen molar-refractivity contribution in [3.05, 3.63) is 35.9 Å². The van der Waals surface area contributed by atoms with Crippen LogP contribution < -0.4 is 0 Å². The van der Waals surface area contributed by atoms with Crippen LogP contribution in [0.4, 0.5) is 0 Å². The van der Waals surface area contributed by atoms with Crippen LogP contribution in [0.3, 0.4) is 0 Å². The van der Waals surface area contributed by atoms with Crippen LogP contribution in [0.2, 0.25) is 0 Å². The molecule has 14 heavy (non-hydrogen) atoms. The number of benzene rings is 1. The molecule has 0 aromatic heterocycles. The lowest BCUT2D eigenvalue weighted by molar-refractivity contribution is -0.141. The van der Waals surface area contributed by atoms with Gasteiger partial charge in [-0.05, 0) is 5.56 Å². The lowest BCUT2D eigenvalue weighted by Crippen LogP contribution is -2.29. The molecule has 0 aliphatic heterocycles. The van der Waals surface area contributed by atoms with E-state index >= 15 is 0 Å². The first-order valence-corrected chi connectivity index (χ1v) is 4.82. The van der Waals surface area contributed by atoms with Gasteiger partial charge in [0.25, 0.3) is 0 Å². The van der Waals surface area contributed by atoms with Crippen molar-refractivity contribution in [2.24, 2.45) is 0 Å². The molecule has 0 bridgehead atoms. The van der Waals surface area contributed by atoms with E-state index in [0.717, 1.165) is 5.56 Å². The molecule has 1 rings (SSSR count). The summed E-state index contributed by atoms with van der Waals surface area (Å²) in [6.45, 7) is 0. The van der Waals surface area contributed by atoms with Crippen LogP contribution in [0.1, 0.15) is 5.56 Å². The van der Waals surface area contributed by atoms with Crippen molar-refractivity contribution >= 4 is 29.2 Å². The van der Waals surface area contributed by atoms with Gasteiger partial charge in [-0.2, -0.15) is 0 Å². The molecule has 0 N–H and O–H groups in total. The Morgan fingerprint density at radius 1 is 1.36 bits per heavy atom. The second kappa shape index (κ2) is 4.67. The van der Waals surface area contributed by atoms with Gasteiger partial charge >= 0.3 is 5.97 Å². The summed E-state index contributed by atoms with van der Waals surface area (Å²) in [5, 5.41) is 0. The number of carbonyl (C=O) groups excluding carboxylic acids is 1. The molecule has 2 nitrogen and oxygen atoms in total. The topological polar surface area (TPSA) is 26.3 Å². The van der Waals surface area contributed by atoms with Gasteiger partial charge in [-0.3, -0.25) is 0 Å². The Balaban J connectivity index is 2.73. The van der Waals surface area contributed by atoms with E-state index in [1.54, 1.807) is 0 Å². The van der Waals surface area contributed by atoms with Gasteiger partial charge in [0.1, 0.15) is 0 Å². The molecule has 0 atom stereocenters. The van der Waals surface area contributed by atoms with Crippen molar-refractivity contribution in [2.45, 2.75) is 10.8 Å². The minimum absolute atomic E-state index is 0.240. The van der Waals surface area contributed by atoms with E-state index in [9.17, 15) is 4.79 Å². The Morgan fingerprint density at radius 3 is 2.43 bits per heavy atom. The minimum atomic E-state index is -1.50. The van der Waals surface area contributed by atoms with E-state index in [4.69, 9.17) is 23.2 Å². The number of hydrogen-bond acceptors (Lipinski definition) is 2. The first-order valence-electron chi connectivity index (χ1n) is 4.06. The molecule has 0 fully saturated rings. The third-order valence-corrected chi connectivity index (χ3v) is 2.33. The molecule has 0 unspecified atom stereocenters. The fourth-order valence-electron chi connectivity index (χ4n) is 1.07.